The Morgan fingerprint density at radius 2 is 2.58 bits per heavy atom. The molecule has 1 aliphatic rings. The quantitative estimate of drug-likeness (QED) is 0.395. The number of rotatable bonds is 3. The molecule has 0 aromatic carbocycles. The standard InChI is InChI=1S/C7H11N3O2/c8-9-10-3-1-2-6(5-10)4-7(11)12/h1-2,5,9H,3-4,8H2,(H,11,12). The van der Waals surface area contributed by atoms with E-state index in [4.69, 9.17) is 10.9 Å². The van der Waals surface area contributed by atoms with Crippen molar-refractivity contribution in [3.05, 3.63) is 23.9 Å². The topological polar surface area (TPSA) is 78.6 Å². The molecule has 0 bridgehead atoms. The summed E-state index contributed by atoms with van der Waals surface area (Å²) in [6.45, 7) is 0.652. The average Bonchev–Trinajstić information content (AvgIpc) is 2.03. The molecule has 0 aliphatic carbocycles. The van der Waals surface area contributed by atoms with Gasteiger partial charge in [0.15, 0.2) is 0 Å². The number of carboxylic acids is 1. The van der Waals surface area contributed by atoms with Crippen molar-refractivity contribution in [2.24, 2.45) is 5.84 Å². The Hall–Kier alpha value is -1.33. The molecular formula is C7H11N3O2. The van der Waals surface area contributed by atoms with Gasteiger partial charge in [0.2, 0.25) is 0 Å². The minimum absolute atomic E-state index is 0.0225. The number of nitrogens with one attached hydrogen (secondary N) is 1. The van der Waals surface area contributed by atoms with Crippen LogP contribution in [0.4, 0.5) is 0 Å². The molecule has 0 spiro atoms. The molecule has 66 valence electrons. The third-order valence-electron chi connectivity index (χ3n) is 1.48. The molecule has 5 nitrogen and oxygen atoms in total. The molecule has 0 fully saturated rings. The Morgan fingerprint density at radius 1 is 1.83 bits per heavy atom. The molecule has 0 saturated carbocycles. The van der Waals surface area contributed by atoms with Gasteiger partial charge >= 0.3 is 5.97 Å². The third-order valence-corrected chi connectivity index (χ3v) is 1.48. The fourth-order valence-electron chi connectivity index (χ4n) is 0.983. The van der Waals surface area contributed by atoms with Crippen LogP contribution in [0.5, 0.6) is 0 Å². The van der Waals surface area contributed by atoms with Crippen molar-refractivity contribution in [3.8, 4) is 0 Å². The molecule has 0 aromatic heterocycles. The van der Waals surface area contributed by atoms with Gasteiger partial charge in [0.1, 0.15) is 0 Å². The first kappa shape index (κ1) is 8.76. The van der Waals surface area contributed by atoms with Crippen molar-refractivity contribution in [2.75, 3.05) is 6.54 Å². The second-order valence-corrected chi connectivity index (χ2v) is 2.46. The first-order valence-corrected chi connectivity index (χ1v) is 3.54. The fraction of sp³-hybridized carbons (Fsp3) is 0.286. The van der Waals surface area contributed by atoms with Crippen LogP contribution in [0.2, 0.25) is 0 Å². The molecule has 4 N–H and O–H groups in total. The van der Waals surface area contributed by atoms with E-state index in [2.05, 4.69) is 5.53 Å². The van der Waals surface area contributed by atoms with Crippen molar-refractivity contribution < 1.29 is 9.90 Å². The Balaban J connectivity index is 2.57. The zero-order valence-corrected chi connectivity index (χ0v) is 6.53. The zero-order chi connectivity index (χ0) is 8.97. The number of nitrogens with zero attached hydrogens (tertiary/aromatic N) is 1. The van der Waals surface area contributed by atoms with Crippen LogP contribution >= 0.6 is 0 Å². The lowest BCUT2D eigenvalue weighted by Crippen LogP contribution is -2.40. The van der Waals surface area contributed by atoms with Crippen LogP contribution in [0.25, 0.3) is 0 Å². The van der Waals surface area contributed by atoms with Crippen LogP contribution in [-0.2, 0) is 4.79 Å². The lowest BCUT2D eigenvalue weighted by atomic mass is 10.1. The summed E-state index contributed by atoms with van der Waals surface area (Å²) in [7, 11) is 0. The highest BCUT2D eigenvalue weighted by atomic mass is 16.4. The van der Waals surface area contributed by atoms with Crippen molar-refractivity contribution in [1.82, 2.24) is 10.5 Å². The Bertz CT molecular complexity index is 235. The second-order valence-electron chi connectivity index (χ2n) is 2.46. The van der Waals surface area contributed by atoms with Gasteiger partial charge in [-0.05, 0) is 5.57 Å². The number of aliphatic carboxylic acids is 1. The molecule has 5 heteroatoms. The number of carbonyl (C=O) groups is 1. The number of hydrogen-bond donors (Lipinski definition) is 3. The molecule has 1 heterocycles. The van der Waals surface area contributed by atoms with Crippen LogP contribution in [0.1, 0.15) is 6.42 Å². The van der Waals surface area contributed by atoms with Gasteiger partial charge in [0.05, 0.1) is 13.0 Å². The molecule has 1 rings (SSSR count). The van der Waals surface area contributed by atoms with Gasteiger partial charge in [0.25, 0.3) is 0 Å². The molecule has 0 aromatic rings. The number of nitrogens with two attached hydrogens (primary N) is 1. The van der Waals surface area contributed by atoms with Crippen LogP contribution in [0, 0.1) is 0 Å². The Labute approximate surface area is 70.1 Å². The summed E-state index contributed by atoms with van der Waals surface area (Å²) in [4.78, 5) is 10.3. The van der Waals surface area contributed by atoms with Gasteiger partial charge in [-0.25, -0.2) is 0 Å². The van der Waals surface area contributed by atoms with Crippen molar-refractivity contribution in [1.29, 1.82) is 0 Å². The van der Waals surface area contributed by atoms with Crippen molar-refractivity contribution >= 4 is 5.97 Å². The first-order valence-electron chi connectivity index (χ1n) is 3.54. The van der Waals surface area contributed by atoms with E-state index in [0.717, 1.165) is 5.57 Å². The van der Waals surface area contributed by atoms with Gasteiger partial charge < -0.3 is 5.11 Å². The van der Waals surface area contributed by atoms with Crippen LogP contribution in [0.3, 0.4) is 0 Å². The van der Waals surface area contributed by atoms with Gasteiger partial charge in [-0.1, -0.05) is 12.2 Å². The normalized spacial score (nSPS) is 16.1. The number of carboxylic acid groups (broad SMARTS) is 1. The van der Waals surface area contributed by atoms with Gasteiger partial charge in [-0.2, -0.15) is 5.53 Å². The Kier molecular flexibility index (Phi) is 2.84. The van der Waals surface area contributed by atoms with Crippen molar-refractivity contribution in [2.45, 2.75) is 6.42 Å². The third kappa shape index (κ3) is 2.37. The van der Waals surface area contributed by atoms with Crippen LogP contribution < -0.4 is 11.4 Å². The number of allylic oxidation sites excluding steroid dienone is 1. The summed E-state index contributed by atoms with van der Waals surface area (Å²) >= 11 is 0. The minimum Gasteiger partial charge on any atom is -0.481 e. The summed E-state index contributed by atoms with van der Waals surface area (Å²) in [5.41, 5.74) is 3.15. The summed E-state index contributed by atoms with van der Waals surface area (Å²) in [6, 6.07) is 0. The summed E-state index contributed by atoms with van der Waals surface area (Å²) in [5.74, 6) is 4.30. The maximum Gasteiger partial charge on any atom is 0.307 e. The first-order chi connectivity index (χ1) is 5.72. The summed E-state index contributed by atoms with van der Waals surface area (Å²) < 4.78 is 0. The van der Waals surface area contributed by atoms with E-state index in [1.54, 1.807) is 17.3 Å². The minimum atomic E-state index is -0.843. The van der Waals surface area contributed by atoms with E-state index in [9.17, 15) is 4.79 Å². The molecule has 0 radical (unpaired) electrons. The molecule has 0 atom stereocenters. The SMILES string of the molecule is NNN1C=C(CC(=O)O)C=CC1. The smallest absolute Gasteiger partial charge is 0.307 e. The molecule has 0 amide bonds. The Morgan fingerprint density at radius 3 is 3.17 bits per heavy atom. The molecule has 1 aliphatic heterocycles. The fourth-order valence-corrected chi connectivity index (χ4v) is 0.983. The van der Waals surface area contributed by atoms with E-state index in [0.29, 0.717) is 6.54 Å². The average molecular weight is 169 g/mol. The lowest BCUT2D eigenvalue weighted by molar-refractivity contribution is -0.136. The number of hydrazine groups is 2. The van der Waals surface area contributed by atoms with E-state index >= 15 is 0 Å². The largest absolute Gasteiger partial charge is 0.481 e. The maximum atomic E-state index is 10.3. The molecular weight excluding hydrogens is 158 g/mol. The monoisotopic (exact) mass is 169 g/mol. The van der Waals surface area contributed by atoms with Gasteiger partial charge in [-0.15, -0.1) is 0 Å². The summed E-state index contributed by atoms with van der Waals surface area (Å²) in [6.07, 6.45) is 5.32. The highest BCUT2D eigenvalue weighted by molar-refractivity contribution is 5.71. The predicted octanol–water partition coefficient (Wildman–Crippen LogP) is -0.405. The molecule has 0 saturated heterocycles. The van der Waals surface area contributed by atoms with Crippen LogP contribution in [0.15, 0.2) is 23.9 Å². The van der Waals surface area contributed by atoms with E-state index in [-0.39, 0.29) is 6.42 Å². The van der Waals surface area contributed by atoms with Crippen LogP contribution in [-0.4, -0.2) is 22.6 Å². The van der Waals surface area contributed by atoms with E-state index in [1.807, 2.05) is 6.08 Å². The zero-order valence-electron chi connectivity index (χ0n) is 6.53. The second kappa shape index (κ2) is 3.89. The molecule has 0 unspecified atom stereocenters. The van der Waals surface area contributed by atoms with E-state index < -0.39 is 5.97 Å². The lowest BCUT2D eigenvalue weighted by Gasteiger charge is -2.20. The van der Waals surface area contributed by atoms with Gasteiger partial charge in [-0.3, -0.25) is 15.6 Å². The van der Waals surface area contributed by atoms with Gasteiger partial charge in [0, 0.05) is 6.20 Å². The maximum absolute atomic E-state index is 10.3. The number of hydrogen-bond acceptors (Lipinski definition) is 4. The predicted molar refractivity (Wildman–Crippen MR) is 43.5 cm³/mol. The highest BCUT2D eigenvalue weighted by Gasteiger charge is 2.06. The summed E-state index contributed by atoms with van der Waals surface area (Å²) in [5, 5.41) is 10.1. The molecule has 12 heavy (non-hydrogen) atoms. The van der Waals surface area contributed by atoms with E-state index in [1.165, 1.54) is 0 Å². The van der Waals surface area contributed by atoms with Crippen molar-refractivity contribution in [3.63, 3.8) is 0 Å². The highest BCUT2D eigenvalue weighted by Crippen LogP contribution is 2.08.